The third kappa shape index (κ3) is 6.23. The van der Waals surface area contributed by atoms with E-state index in [0.29, 0.717) is 17.5 Å². The molecule has 2 aromatic carbocycles. The Balaban J connectivity index is 1.66. The Hall–Kier alpha value is -5.26. The summed E-state index contributed by atoms with van der Waals surface area (Å²) >= 11 is 0. The first-order valence-electron chi connectivity index (χ1n) is 12.2. The molecule has 0 fully saturated rings. The molecule has 0 aliphatic heterocycles. The lowest BCUT2D eigenvalue weighted by Crippen LogP contribution is -2.30. The number of rotatable bonds is 11. The number of hydrogen-bond donors (Lipinski definition) is 5. The minimum atomic E-state index is -0.936. The zero-order chi connectivity index (χ0) is 28.8. The van der Waals surface area contributed by atoms with E-state index in [1.165, 1.54) is 35.9 Å². The molecule has 0 saturated heterocycles. The molecule has 2 amide bonds. The Bertz CT molecular complexity index is 1620. The topological polar surface area (TPSA) is 186 Å². The maximum absolute atomic E-state index is 13.5. The van der Waals surface area contributed by atoms with Crippen LogP contribution in [0.15, 0.2) is 65.6 Å². The second-order valence-corrected chi connectivity index (χ2v) is 8.93. The number of pyridine rings is 1. The van der Waals surface area contributed by atoms with Crippen molar-refractivity contribution in [1.82, 2.24) is 14.7 Å². The van der Waals surface area contributed by atoms with E-state index in [2.05, 4.69) is 10.3 Å². The molecule has 4 rings (SSSR count). The van der Waals surface area contributed by atoms with E-state index in [-0.39, 0.29) is 53.8 Å². The smallest absolute Gasteiger partial charge is 0.265 e. The zero-order valence-corrected chi connectivity index (χ0v) is 21.5. The first-order chi connectivity index (χ1) is 19.2. The molecule has 12 heteroatoms. The summed E-state index contributed by atoms with van der Waals surface area (Å²) in [5, 5.41) is 32.8. The minimum Gasteiger partial charge on any atom is -0.504 e. The lowest BCUT2D eigenvalue weighted by atomic mass is 9.88. The number of methoxy groups -OCH3 is 1. The van der Waals surface area contributed by atoms with Gasteiger partial charge in [-0.15, -0.1) is 0 Å². The molecule has 208 valence electrons. The van der Waals surface area contributed by atoms with Crippen molar-refractivity contribution in [3.05, 3.63) is 87.8 Å². The van der Waals surface area contributed by atoms with E-state index in [1.807, 2.05) is 0 Å². The molecular formula is C28H28N4O8. The maximum Gasteiger partial charge on any atom is 0.265 e. The number of nitrogens with zero attached hydrogens (tertiary/aromatic N) is 2. The average Bonchev–Trinajstić information content (AvgIpc) is 2.93. The molecule has 0 radical (unpaired) electrons. The summed E-state index contributed by atoms with van der Waals surface area (Å²) in [7, 11) is 1.39. The van der Waals surface area contributed by atoms with Gasteiger partial charge in [0, 0.05) is 25.1 Å². The average molecular weight is 549 g/mol. The summed E-state index contributed by atoms with van der Waals surface area (Å²) < 4.78 is 12.1. The lowest BCUT2D eigenvalue weighted by Gasteiger charge is -2.20. The number of aromatic nitrogens is 2. The predicted molar refractivity (Wildman–Crippen MR) is 144 cm³/mol. The number of hydrogen-bond acceptors (Lipinski definition) is 9. The molecule has 2 aromatic heterocycles. The number of carbonyl (C=O) groups is 2. The van der Waals surface area contributed by atoms with Gasteiger partial charge >= 0.3 is 0 Å². The number of fused-ring (bicyclic) bond motifs is 1. The van der Waals surface area contributed by atoms with Crippen LogP contribution in [0.4, 0.5) is 0 Å². The maximum atomic E-state index is 13.5. The van der Waals surface area contributed by atoms with Crippen LogP contribution in [0.1, 0.15) is 29.0 Å². The molecule has 40 heavy (non-hydrogen) atoms. The normalized spacial score (nSPS) is 11.6. The van der Waals surface area contributed by atoms with Crippen LogP contribution < -0.4 is 26.1 Å². The van der Waals surface area contributed by atoms with Crippen molar-refractivity contribution in [3.8, 4) is 28.9 Å². The van der Waals surface area contributed by atoms with E-state index in [4.69, 9.17) is 15.2 Å². The predicted octanol–water partition coefficient (Wildman–Crippen LogP) is 1.56. The number of nitrogens with two attached hydrogens (primary N) is 1. The number of primary amides is 1. The zero-order valence-electron chi connectivity index (χ0n) is 21.5. The Morgan fingerprint density at radius 1 is 1.05 bits per heavy atom. The molecule has 2 heterocycles. The molecular weight excluding hydrogens is 520 g/mol. The number of amides is 2. The summed E-state index contributed by atoms with van der Waals surface area (Å²) in [5.74, 6) is -2.60. The van der Waals surface area contributed by atoms with E-state index < -0.39 is 29.2 Å². The number of phenolic OH excluding ortho intramolecular Hbond substituents is 2. The van der Waals surface area contributed by atoms with Gasteiger partial charge in [-0.1, -0.05) is 18.2 Å². The number of aromatic hydroxyl groups is 3. The fourth-order valence-corrected chi connectivity index (χ4v) is 4.28. The molecule has 1 atom stereocenters. The van der Waals surface area contributed by atoms with Crippen LogP contribution in [0.2, 0.25) is 0 Å². The van der Waals surface area contributed by atoms with Gasteiger partial charge in [-0.2, -0.15) is 4.98 Å². The number of nitrogens with one attached hydrogen (secondary N) is 1. The second-order valence-electron chi connectivity index (χ2n) is 8.93. The second kappa shape index (κ2) is 12.1. The van der Waals surface area contributed by atoms with Gasteiger partial charge < -0.3 is 35.8 Å². The van der Waals surface area contributed by atoms with Crippen LogP contribution >= 0.6 is 0 Å². The van der Waals surface area contributed by atoms with E-state index in [1.54, 1.807) is 36.4 Å². The molecule has 0 aliphatic rings. The molecule has 0 bridgehead atoms. The number of phenols is 2. The van der Waals surface area contributed by atoms with Gasteiger partial charge in [-0.05, 0) is 53.9 Å². The van der Waals surface area contributed by atoms with Crippen molar-refractivity contribution in [2.45, 2.75) is 18.8 Å². The summed E-state index contributed by atoms with van der Waals surface area (Å²) in [4.78, 5) is 41.9. The highest BCUT2D eigenvalue weighted by Crippen LogP contribution is 2.36. The fraction of sp³-hybridized carbons (Fsp3) is 0.214. The highest BCUT2D eigenvalue weighted by atomic mass is 16.5. The quantitative estimate of drug-likeness (QED) is 0.173. The first-order valence-corrected chi connectivity index (χ1v) is 12.2. The molecule has 6 N–H and O–H groups in total. The van der Waals surface area contributed by atoms with Gasteiger partial charge in [-0.3, -0.25) is 18.8 Å². The summed E-state index contributed by atoms with van der Waals surface area (Å²) in [6.45, 7) is -0.170. The van der Waals surface area contributed by atoms with Gasteiger partial charge in [0.25, 0.3) is 11.5 Å². The lowest BCUT2D eigenvalue weighted by molar-refractivity contribution is -0.121. The van der Waals surface area contributed by atoms with Crippen LogP contribution in [0.3, 0.4) is 0 Å². The van der Waals surface area contributed by atoms with E-state index in [9.17, 15) is 29.7 Å². The van der Waals surface area contributed by atoms with Crippen molar-refractivity contribution in [2.75, 3.05) is 20.3 Å². The monoisotopic (exact) mass is 548 g/mol. The molecule has 0 saturated carbocycles. The Labute approximate surface area is 228 Å². The minimum absolute atomic E-state index is 0.0878. The number of benzene rings is 2. The van der Waals surface area contributed by atoms with Crippen LogP contribution in [0.5, 0.6) is 28.9 Å². The van der Waals surface area contributed by atoms with Crippen molar-refractivity contribution >= 4 is 17.5 Å². The van der Waals surface area contributed by atoms with Crippen LogP contribution in [-0.2, 0) is 16.0 Å². The van der Waals surface area contributed by atoms with Crippen molar-refractivity contribution < 1.29 is 34.4 Å². The van der Waals surface area contributed by atoms with E-state index >= 15 is 0 Å². The highest BCUT2D eigenvalue weighted by molar-refractivity contribution is 5.78. The van der Waals surface area contributed by atoms with E-state index in [0.717, 1.165) is 0 Å². The fourth-order valence-electron chi connectivity index (χ4n) is 4.28. The van der Waals surface area contributed by atoms with Crippen LogP contribution in [0, 0.1) is 0 Å². The van der Waals surface area contributed by atoms with Crippen molar-refractivity contribution in [2.24, 2.45) is 5.73 Å². The standard InChI is InChI=1S/C28H28N4O8/c1-39-22-13-17(6-8-21(22)40-15-23(29)35)18(26-27(37)31-24-4-2-3-11-32(24)28(26)38)14-25(36)30-10-9-16-5-7-19(33)20(34)12-16/h2-8,11-13,18,33-34,37H,9-10,14-15H2,1H3,(H2,29,35)(H,30,36)/t18-/m1/s1. The Morgan fingerprint density at radius 3 is 2.58 bits per heavy atom. The van der Waals surface area contributed by atoms with Gasteiger partial charge in [-0.25, -0.2) is 0 Å². The van der Waals surface area contributed by atoms with Crippen LogP contribution in [0.25, 0.3) is 5.65 Å². The molecule has 0 aliphatic carbocycles. The Morgan fingerprint density at radius 2 is 1.85 bits per heavy atom. The third-order valence-electron chi connectivity index (χ3n) is 6.22. The summed E-state index contributed by atoms with van der Waals surface area (Å²) in [6, 6.07) is 13.9. The van der Waals surface area contributed by atoms with Gasteiger partial charge in [0.1, 0.15) is 5.65 Å². The number of ether oxygens (including phenoxy) is 2. The molecule has 0 spiro atoms. The third-order valence-corrected chi connectivity index (χ3v) is 6.22. The summed E-state index contributed by atoms with van der Waals surface area (Å²) in [5.41, 5.74) is 5.91. The van der Waals surface area contributed by atoms with Gasteiger partial charge in [0.05, 0.1) is 12.7 Å². The van der Waals surface area contributed by atoms with Crippen LogP contribution in [-0.4, -0.2) is 56.8 Å². The van der Waals surface area contributed by atoms with Crippen molar-refractivity contribution in [1.29, 1.82) is 0 Å². The van der Waals surface area contributed by atoms with Crippen molar-refractivity contribution in [3.63, 3.8) is 0 Å². The molecule has 0 unspecified atom stereocenters. The highest BCUT2D eigenvalue weighted by Gasteiger charge is 2.27. The van der Waals surface area contributed by atoms with Gasteiger partial charge in [0.2, 0.25) is 11.8 Å². The number of carbonyl (C=O) groups excluding carboxylic acids is 2. The van der Waals surface area contributed by atoms with Gasteiger partial charge in [0.15, 0.2) is 29.6 Å². The Kier molecular flexibility index (Phi) is 8.38. The molecule has 4 aromatic rings. The summed E-state index contributed by atoms with van der Waals surface area (Å²) in [6.07, 6.45) is 1.66. The molecule has 12 nitrogen and oxygen atoms in total. The first kappa shape index (κ1) is 27.8. The SMILES string of the molecule is COc1cc([C@@H](CC(=O)NCCc2ccc(O)c(O)c2)c2c(O)nc3ccccn3c2=O)ccc1OCC(N)=O. The largest absolute Gasteiger partial charge is 0.504 e.